The first-order chi connectivity index (χ1) is 15.2. The highest BCUT2D eigenvalue weighted by Gasteiger charge is 2.15. The number of hydrogen-bond donors (Lipinski definition) is 4. The number of aromatic nitrogens is 2. The summed E-state index contributed by atoms with van der Waals surface area (Å²) in [5.74, 6) is -0.299. The normalized spacial score (nSPS) is 11.4. The summed E-state index contributed by atoms with van der Waals surface area (Å²) in [6.45, 7) is 0.0475. The minimum absolute atomic E-state index is 0.0386. The predicted molar refractivity (Wildman–Crippen MR) is 123 cm³/mol. The highest BCUT2D eigenvalue weighted by molar-refractivity contribution is 7.89. The highest BCUT2D eigenvalue weighted by atomic mass is 32.2. The van der Waals surface area contributed by atoms with Crippen LogP contribution < -0.4 is 16.2 Å². The molecule has 0 saturated heterocycles. The summed E-state index contributed by atoms with van der Waals surface area (Å²) in [5, 5.41) is 15.6. The molecular formula is C22H20N6O3S. The third-order valence-electron chi connectivity index (χ3n) is 4.92. The quantitative estimate of drug-likeness (QED) is 0.263. The van der Waals surface area contributed by atoms with Gasteiger partial charge >= 0.3 is 0 Å². The zero-order valence-corrected chi connectivity index (χ0v) is 17.6. The second-order valence-corrected chi connectivity index (χ2v) is 8.69. The maximum Gasteiger partial charge on any atom is 0.244 e. The van der Waals surface area contributed by atoms with E-state index in [1.807, 2.05) is 0 Å². The standard InChI is InChI=1S/C22H20N6O3S/c23-22(24)15-7-10-19-18(11-15)26-13-28(19)12-21(29)27-16-8-5-14(6-9-16)17-3-1-2-4-20(17)32(25,30)31/h1-11,13H,12H2,(H3,23,24)(H,27,29)(H2,25,30,31). The van der Waals surface area contributed by atoms with Crippen molar-refractivity contribution >= 4 is 38.5 Å². The number of carbonyl (C=O) groups excluding carboxylic acids is 1. The Morgan fingerprint density at radius 2 is 1.78 bits per heavy atom. The van der Waals surface area contributed by atoms with E-state index in [-0.39, 0.29) is 23.2 Å². The molecule has 0 atom stereocenters. The topological polar surface area (TPSA) is 157 Å². The molecular weight excluding hydrogens is 428 g/mol. The number of benzene rings is 3. The van der Waals surface area contributed by atoms with Crippen LogP contribution in [0, 0.1) is 5.41 Å². The van der Waals surface area contributed by atoms with Crippen LogP contribution in [0.3, 0.4) is 0 Å². The number of rotatable bonds is 6. The predicted octanol–water partition coefficient (Wildman–Crippen LogP) is 2.27. The molecule has 0 unspecified atom stereocenters. The van der Waals surface area contributed by atoms with E-state index in [2.05, 4.69) is 10.3 Å². The number of primary sulfonamides is 1. The van der Waals surface area contributed by atoms with Crippen molar-refractivity contribution in [2.45, 2.75) is 11.4 Å². The summed E-state index contributed by atoms with van der Waals surface area (Å²) >= 11 is 0. The van der Waals surface area contributed by atoms with Crippen LogP contribution in [0.1, 0.15) is 5.56 Å². The number of amidine groups is 1. The summed E-state index contributed by atoms with van der Waals surface area (Å²) in [6, 6.07) is 18.5. The van der Waals surface area contributed by atoms with Crippen molar-refractivity contribution in [3.05, 3.63) is 78.6 Å². The third kappa shape index (κ3) is 4.36. The number of nitrogen functional groups attached to an aromatic ring is 1. The Kier molecular flexibility index (Phi) is 5.47. The Morgan fingerprint density at radius 1 is 1.06 bits per heavy atom. The zero-order chi connectivity index (χ0) is 22.9. The van der Waals surface area contributed by atoms with Crippen LogP contribution in [0.25, 0.3) is 22.2 Å². The van der Waals surface area contributed by atoms with Gasteiger partial charge in [-0.25, -0.2) is 18.5 Å². The monoisotopic (exact) mass is 448 g/mol. The second kappa shape index (κ2) is 8.25. The fourth-order valence-corrected chi connectivity index (χ4v) is 4.16. The molecule has 4 aromatic rings. The first-order valence-electron chi connectivity index (χ1n) is 9.54. The lowest BCUT2D eigenvalue weighted by atomic mass is 10.1. The van der Waals surface area contributed by atoms with Gasteiger partial charge in [-0.3, -0.25) is 10.2 Å². The first-order valence-corrected chi connectivity index (χ1v) is 11.1. The Bertz CT molecular complexity index is 1440. The van der Waals surface area contributed by atoms with Gasteiger partial charge in [0.2, 0.25) is 15.9 Å². The summed E-state index contributed by atoms with van der Waals surface area (Å²) in [4.78, 5) is 16.8. The summed E-state index contributed by atoms with van der Waals surface area (Å²) in [5.41, 5.74) is 9.18. The van der Waals surface area contributed by atoms with Gasteiger partial charge in [-0.1, -0.05) is 30.3 Å². The number of nitrogens with two attached hydrogens (primary N) is 2. The minimum atomic E-state index is -3.86. The molecule has 6 N–H and O–H groups in total. The van der Waals surface area contributed by atoms with E-state index in [9.17, 15) is 13.2 Å². The molecule has 1 aromatic heterocycles. The van der Waals surface area contributed by atoms with Gasteiger partial charge in [-0.2, -0.15) is 0 Å². The van der Waals surface area contributed by atoms with E-state index in [1.165, 1.54) is 6.07 Å². The Balaban J connectivity index is 1.50. The molecule has 32 heavy (non-hydrogen) atoms. The van der Waals surface area contributed by atoms with Gasteiger partial charge < -0.3 is 15.6 Å². The fraction of sp³-hybridized carbons (Fsp3) is 0.0455. The number of imidazole rings is 1. The SMILES string of the molecule is N=C(N)c1ccc2c(c1)ncn2CC(=O)Nc1ccc(-c2ccccc2S(N)(=O)=O)cc1. The maximum atomic E-state index is 12.5. The fourth-order valence-electron chi connectivity index (χ4n) is 3.40. The van der Waals surface area contributed by atoms with Gasteiger partial charge in [0.25, 0.3) is 0 Å². The molecule has 0 aliphatic heterocycles. The Labute approximate surface area is 184 Å². The van der Waals surface area contributed by atoms with E-state index in [4.69, 9.17) is 16.3 Å². The molecule has 4 rings (SSSR count). The number of carbonyl (C=O) groups is 1. The average Bonchev–Trinajstić information content (AvgIpc) is 3.15. The van der Waals surface area contributed by atoms with Gasteiger partial charge in [0.1, 0.15) is 12.4 Å². The van der Waals surface area contributed by atoms with Crippen molar-refractivity contribution in [1.82, 2.24) is 9.55 Å². The minimum Gasteiger partial charge on any atom is -0.384 e. The summed E-state index contributed by atoms with van der Waals surface area (Å²) in [6.07, 6.45) is 1.56. The lowest BCUT2D eigenvalue weighted by molar-refractivity contribution is -0.116. The molecule has 9 nitrogen and oxygen atoms in total. The van der Waals surface area contributed by atoms with Gasteiger partial charge in [-0.05, 0) is 42.0 Å². The van der Waals surface area contributed by atoms with E-state index >= 15 is 0 Å². The molecule has 3 aromatic carbocycles. The van der Waals surface area contributed by atoms with E-state index < -0.39 is 10.0 Å². The second-order valence-electron chi connectivity index (χ2n) is 7.16. The molecule has 0 saturated carbocycles. The zero-order valence-electron chi connectivity index (χ0n) is 16.8. The first kappa shape index (κ1) is 21.2. The summed E-state index contributed by atoms with van der Waals surface area (Å²) in [7, 11) is -3.86. The smallest absolute Gasteiger partial charge is 0.244 e. The average molecular weight is 449 g/mol. The third-order valence-corrected chi connectivity index (χ3v) is 5.89. The number of anilines is 1. The highest BCUT2D eigenvalue weighted by Crippen LogP contribution is 2.27. The number of nitrogens with zero attached hydrogens (tertiary/aromatic N) is 2. The van der Waals surface area contributed by atoms with Crippen LogP contribution in [-0.2, 0) is 21.4 Å². The van der Waals surface area contributed by atoms with E-state index in [0.717, 1.165) is 5.52 Å². The van der Waals surface area contributed by atoms with Crippen molar-refractivity contribution in [2.75, 3.05) is 5.32 Å². The molecule has 0 aliphatic rings. The van der Waals surface area contributed by atoms with Gasteiger partial charge in [-0.15, -0.1) is 0 Å². The molecule has 0 spiro atoms. The summed E-state index contributed by atoms with van der Waals surface area (Å²) < 4.78 is 25.4. The van der Waals surface area contributed by atoms with Crippen LogP contribution >= 0.6 is 0 Å². The molecule has 1 amide bonds. The van der Waals surface area contributed by atoms with Gasteiger partial charge in [0, 0.05) is 16.8 Å². The van der Waals surface area contributed by atoms with Crippen molar-refractivity contribution in [3.8, 4) is 11.1 Å². The number of nitrogens with one attached hydrogen (secondary N) is 2. The van der Waals surface area contributed by atoms with E-state index in [0.29, 0.717) is 27.9 Å². The van der Waals surface area contributed by atoms with Gasteiger partial charge in [0.15, 0.2) is 0 Å². The molecule has 0 fully saturated rings. The number of amides is 1. The molecule has 10 heteroatoms. The van der Waals surface area contributed by atoms with Crippen molar-refractivity contribution in [1.29, 1.82) is 5.41 Å². The Hall–Kier alpha value is -4.02. The number of sulfonamides is 1. The molecule has 0 aliphatic carbocycles. The van der Waals surface area contributed by atoms with Gasteiger partial charge in [0.05, 0.1) is 22.3 Å². The molecule has 162 valence electrons. The van der Waals surface area contributed by atoms with Crippen LogP contribution in [0.4, 0.5) is 5.69 Å². The lowest BCUT2D eigenvalue weighted by Crippen LogP contribution is -2.18. The van der Waals surface area contributed by atoms with Crippen LogP contribution in [0.2, 0.25) is 0 Å². The van der Waals surface area contributed by atoms with Crippen LogP contribution in [-0.4, -0.2) is 29.7 Å². The van der Waals surface area contributed by atoms with Crippen LogP contribution in [0.5, 0.6) is 0 Å². The maximum absolute atomic E-state index is 12.5. The lowest BCUT2D eigenvalue weighted by Gasteiger charge is -2.10. The van der Waals surface area contributed by atoms with Crippen molar-refractivity contribution in [3.63, 3.8) is 0 Å². The van der Waals surface area contributed by atoms with Crippen molar-refractivity contribution in [2.24, 2.45) is 10.9 Å². The Morgan fingerprint density at radius 3 is 2.47 bits per heavy atom. The molecule has 0 bridgehead atoms. The molecule has 0 radical (unpaired) electrons. The number of hydrogen-bond acceptors (Lipinski definition) is 5. The largest absolute Gasteiger partial charge is 0.384 e. The van der Waals surface area contributed by atoms with E-state index in [1.54, 1.807) is 71.6 Å². The van der Waals surface area contributed by atoms with Crippen LogP contribution in [0.15, 0.2) is 78.0 Å². The van der Waals surface area contributed by atoms with Crippen molar-refractivity contribution < 1.29 is 13.2 Å². The molecule has 1 heterocycles. The number of fused-ring (bicyclic) bond motifs is 1.